The number of Topliss-reactive ketones (excluding diaryl/α,β-unsaturated/α-hetero) is 1. The molecule has 0 spiro atoms. The number of carbonyl (C=O) groups excluding carboxylic acids is 6. The molecular weight excluding hydrogens is 684 g/mol. The number of nitrogens with zero attached hydrogens (tertiary/aromatic N) is 2. The highest BCUT2D eigenvalue weighted by molar-refractivity contribution is 6.38. The van der Waals surface area contributed by atoms with E-state index in [9.17, 15) is 28.8 Å². The van der Waals surface area contributed by atoms with Crippen LogP contribution in [0.3, 0.4) is 0 Å². The molecule has 12 nitrogen and oxygen atoms in total. The van der Waals surface area contributed by atoms with Crippen molar-refractivity contribution >= 4 is 35.4 Å². The van der Waals surface area contributed by atoms with Crippen LogP contribution in [-0.2, 0) is 36.8 Å². The Kier molecular flexibility index (Phi) is 10.6. The average molecular weight is 739 g/mol. The number of rotatable bonds is 14. The van der Waals surface area contributed by atoms with E-state index in [1.807, 2.05) is 17.0 Å². The summed E-state index contributed by atoms with van der Waals surface area (Å²) in [6, 6.07) is 4.28. The van der Waals surface area contributed by atoms with E-state index in [1.165, 1.54) is 6.08 Å². The Morgan fingerprint density at radius 2 is 1.74 bits per heavy atom. The minimum atomic E-state index is -1.25. The SMILES string of the molecule is C#CCC(NC(=O)[C@@H]1[C@H]2CCC[C@H]2CN1C(=O)[C@@H](NC(=O)N[C@H](CN1CCCCC1=O)C12C(C)C1C2C)C1Cc2ccccc2C1)C(=O)C(=O)NCC=C. The molecule has 3 saturated carbocycles. The molecule has 6 amide bonds. The Morgan fingerprint density at radius 1 is 1.02 bits per heavy atom. The number of benzene rings is 1. The summed E-state index contributed by atoms with van der Waals surface area (Å²) in [4.78, 5) is 85.4. The van der Waals surface area contributed by atoms with Gasteiger partial charge in [0.25, 0.3) is 5.91 Å². The molecule has 1 aromatic carbocycles. The first kappa shape index (κ1) is 37.6. The molecule has 7 rings (SSSR count). The zero-order valence-corrected chi connectivity index (χ0v) is 31.5. The van der Waals surface area contributed by atoms with Crippen molar-refractivity contribution in [2.45, 2.75) is 95.8 Å². The number of likely N-dealkylation sites (tertiary alicyclic amines) is 2. The van der Waals surface area contributed by atoms with Crippen LogP contribution in [0, 0.1) is 53.3 Å². The molecule has 0 aromatic heterocycles. The topological polar surface area (TPSA) is 157 Å². The molecule has 4 aliphatic carbocycles. The first-order chi connectivity index (χ1) is 26.0. The maximum Gasteiger partial charge on any atom is 0.315 e. The van der Waals surface area contributed by atoms with Gasteiger partial charge in [-0.25, -0.2) is 4.79 Å². The monoisotopic (exact) mass is 738 g/mol. The van der Waals surface area contributed by atoms with Gasteiger partial charge in [0.1, 0.15) is 18.1 Å². The molecule has 6 aliphatic rings. The number of carbonyl (C=O) groups is 6. The third kappa shape index (κ3) is 6.79. The van der Waals surface area contributed by atoms with Gasteiger partial charge >= 0.3 is 6.03 Å². The van der Waals surface area contributed by atoms with Gasteiger partial charge in [0, 0.05) is 44.4 Å². The molecule has 2 aliphatic heterocycles. The van der Waals surface area contributed by atoms with Gasteiger partial charge in [-0.05, 0) is 85.2 Å². The molecule has 5 fully saturated rings. The Labute approximate surface area is 318 Å². The first-order valence-corrected chi connectivity index (χ1v) is 19.9. The fourth-order valence-corrected chi connectivity index (χ4v) is 11.1. The minimum absolute atomic E-state index is 0.0529. The van der Waals surface area contributed by atoms with E-state index in [0.29, 0.717) is 56.7 Å². The van der Waals surface area contributed by atoms with E-state index in [-0.39, 0.29) is 54.0 Å². The normalized spacial score (nSPS) is 30.8. The lowest BCUT2D eigenvalue weighted by Crippen LogP contribution is -2.61. The highest BCUT2D eigenvalue weighted by atomic mass is 16.2. The number of terminal acetylenes is 1. The molecule has 3 unspecified atom stereocenters. The van der Waals surface area contributed by atoms with Gasteiger partial charge in [-0.2, -0.15) is 0 Å². The fourth-order valence-electron chi connectivity index (χ4n) is 11.1. The number of urea groups is 1. The number of hydrogen-bond donors (Lipinski definition) is 4. The second-order valence-corrected chi connectivity index (χ2v) is 16.6. The van der Waals surface area contributed by atoms with E-state index in [0.717, 1.165) is 43.2 Å². The van der Waals surface area contributed by atoms with Crippen LogP contribution >= 0.6 is 0 Å². The maximum atomic E-state index is 15.0. The van der Waals surface area contributed by atoms with E-state index in [4.69, 9.17) is 6.42 Å². The predicted octanol–water partition coefficient (Wildman–Crippen LogP) is 2.36. The molecular formula is C42H54N6O6. The van der Waals surface area contributed by atoms with Crippen molar-refractivity contribution < 1.29 is 28.8 Å². The zero-order valence-electron chi connectivity index (χ0n) is 31.5. The van der Waals surface area contributed by atoms with E-state index in [2.05, 4.69) is 59.7 Å². The Morgan fingerprint density at radius 3 is 2.37 bits per heavy atom. The second-order valence-electron chi connectivity index (χ2n) is 16.6. The predicted molar refractivity (Wildman–Crippen MR) is 201 cm³/mol. The van der Waals surface area contributed by atoms with E-state index in [1.54, 1.807) is 4.90 Å². The molecule has 288 valence electrons. The smallest absolute Gasteiger partial charge is 0.315 e. The zero-order chi connectivity index (χ0) is 38.3. The summed E-state index contributed by atoms with van der Waals surface area (Å²) >= 11 is 0. The summed E-state index contributed by atoms with van der Waals surface area (Å²) in [6.45, 7) is 9.54. The largest absolute Gasteiger partial charge is 0.346 e. The van der Waals surface area contributed by atoms with Crippen LogP contribution < -0.4 is 21.3 Å². The van der Waals surface area contributed by atoms with Crippen molar-refractivity contribution in [2.24, 2.45) is 40.9 Å². The first-order valence-electron chi connectivity index (χ1n) is 19.9. The van der Waals surface area contributed by atoms with Crippen molar-refractivity contribution in [3.63, 3.8) is 0 Å². The van der Waals surface area contributed by atoms with Crippen LogP contribution in [0.2, 0.25) is 0 Å². The average Bonchev–Trinajstić information content (AvgIpc) is 3.61. The van der Waals surface area contributed by atoms with E-state index >= 15 is 0 Å². The van der Waals surface area contributed by atoms with Gasteiger partial charge in [-0.1, -0.05) is 50.6 Å². The number of piperidine rings is 1. The molecule has 54 heavy (non-hydrogen) atoms. The summed E-state index contributed by atoms with van der Waals surface area (Å²) in [5, 5.41) is 11.6. The van der Waals surface area contributed by atoms with Crippen molar-refractivity contribution in [3.05, 3.63) is 48.0 Å². The minimum Gasteiger partial charge on any atom is -0.346 e. The Balaban J connectivity index is 1.13. The molecule has 12 heteroatoms. The van der Waals surface area contributed by atoms with Crippen molar-refractivity contribution in [3.8, 4) is 12.3 Å². The summed E-state index contributed by atoms with van der Waals surface area (Å²) in [5.74, 6) is 1.03. The van der Waals surface area contributed by atoms with Crippen LogP contribution in [0.15, 0.2) is 36.9 Å². The molecule has 8 atom stereocenters. The van der Waals surface area contributed by atoms with E-state index < -0.39 is 41.8 Å². The number of nitrogens with one attached hydrogen (secondary N) is 4. The summed E-state index contributed by atoms with van der Waals surface area (Å²) < 4.78 is 0. The highest BCUT2D eigenvalue weighted by Gasteiger charge is 2.85. The molecule has 2 saturated heterocycles. The van der Waals surface area contributed by atoms with Crippen molar-refractivity contribution in [1.29, 1.82) is 0 Å². The van der Waals surface area contributed by atoms with Gasteiger partial charge in [0.2, 0.25) is 23.5 Å². The molecule has 1 aromatic rings. The standard InChI is InChI=1S/C42H54N6O6/c1-5-12-31(37(50)39(52)43-18-6-2)44-38(51)36-30-16-11-15-28(30)22-48(36)40(53)35(29-20-26-13-7-8-14-27(26)21-29)46-41(54)45-32(42-24(3)34(42)25(42)4)23-47-19-10-9-17-33(47)49/h1,6-8,13-14,24-25,28-32,34-36H,2,9-12,15-23H2,3-4H3,(H,43,52)(H,44,51)(H2,45,46,54)/t24?,25?,28-,30-,31?,32+,34?,35-,36-,42?/m0/s1. The quantitative estimate of drug-likeness (QED) is 0.131. The Bertz CT molecular complexity index is 1720. The molecule has 0 radical (unpaired) electrons. The van der Waals surface area contributed by atoms with Crippen LogP contribution in [0.5, 0.6) is 0 Å². The lowest BCUT2D eigenvalue weighted by Gasteiger charge is -2.36. The number of fused-ring (bicyclic) bond motifs is 3. The third-order valence-corrected chi connectivity index (χ3v) is 13.9. The summed E-state index contributed by atoms with van der Waals surface area (Å²) in [6.07, 6.45) is 12.9. The van der Waals surface area contributed by atoms with Gasteiger partial charge in [0.15, 0.2) is 0 Å². The van der Waals surface area contributed by atoms with Crippen LogP contribution in [0.4, 0.5) is 4.79 Å². The number of hydrogen-bond acceptors (Lipinski definition) is 6. The Hall–Kier alpha value is -4.66. The van der Waals surface area contributed by atoms with Crippen LogP contribution in [-0.4, -0.2) is 95.6 Å². The highest BCUT2D eigenvalue weighted by Crippen LogP contribution is 2.85. The fraction of sp³-hybridized carbons (Fsp3) is 0.619. The second kappa shape index (κ2) is 15.2. The third-order valence-electron chi connectivity index (χ3n) is 13.9. The maximum absolute atomic E-state index is 15.0. The van der Waals surface area contributed by atoms with Crippen LogP contribution in [0.25, 0.3) is 0 Å². The summed E-state index contributed by atoms with van der Waals surface area (Å²) in [5.41, 5.74) is 2.20. The molecule has 4 N–H and O–H groups in total. The lowest BCUT2D eigenvalue weighted by atomic mass is 9.91. The van der Waals surface area contributed by atoms with Gasteiger partial charge in [-0.15, -0.1) is 18.9 Å². The number of ketones is 1. The van der Waals surface area contributed by atoms with Gasteiger partial charge in [0.05, 0.1) is 6.04 Å². The number of amides is 6. The van der Waals surface area contributed by atoms with Gasteiger partial charge < -0.3 is 31.1 Å². The molecule has 2 heterocycles. The van der Waals surface area contributed by atoms with Crippen LogP contribution in [0.1, 0.15) is 69.9 Å². The van der Waals surface area contributed by atoms with Crippen molar-refractivity contribution in [2.75, 3.05) is 26.2 Å². The summed E-state index contributed by atoms with van der Waals surface area (Å²) in [7, 11) is 0. The van der Waals surface area contributed by atoms with Crippen molar-refractivity contribution in [1.82, 2.24) is 31.1 Å². The lowest BCUT2D eigenvalue weighted by molar-refractivity contribution is -0.143. The van der Waals surface area contributed by atoms with Gasteiger partial charge in [-0.3, -0.25) is 24.0 Å². The molecule has 0 bridgehead atoms.